The lowest BCUT2D eigenvalue weighted by atomic mass is 10.1. The van der Waals surface area contributed by atoms with Gasteiger partial charge in [-0.3, -0.25) is 4.79 Å². The van der Waals surface area contributed by atoms with Crippen molar-refractivity contribution in [1.82, 2.24) is 14.8 Å². The third-order valence-corrected chi connectivity index (χ3v) is 7.89. The Balaban J connectivity index is 1.38. The molecule has 0 unspecified atom stereocenters. The molecule has 11 heteroatoms. The van der Waals surface area contributed by atoms with Gasteiger partial charge in [-0.25, -0.2) is 4.79 Å². The zero-order valence-corrected chi connectivity index (χ0v) is 21.4. The van der Waals surface area contributed by atoms with E-state index in [0.29, 0.717) is 28.1 Å². The van der Waals surface area contributed by atoms with Crippen molar-refractivity contribution in [1.29, 1.82) is 0 Å². The minimum atomic E-state index is -0.404. The lowest BCUT2D eigenvalue weighted by Crippen LogP contribution is -2.17. The molecule has 1 aromatic carbocycles. The number of aromatic nitrogens is 3. The molecule has 1 aliphatic rings. The number of amides is 1. The van der Waals surface area contributed by atoms with Gasteiger partial charge in [0.25, 0.3) is 0 Å². The first-order chi connectivity index (χ1) is 16.0. The summed E-state index contributed by atoms with van der Waals surface area (Å²) in [4.78, 5) is 26.1. The fourth-order valence-electron chi connectivity index (χ4n) is 3.63. The van der Waals surface area contributed by atoms with Gasteiger partial charge in [0.15, 0.2) is 11.0 Å². The van der Waals surface area contributed by atoms with Crippen molar-refractivity contribution in [3.8, 4) is 5.75 Å². The van der Waals surface area contributed by atoms with Crippen LogP contribution in [0.1, 0.15) is 40.0 Å². The number of benzene rings is 1. The second-order valence-electron chi connectivity index (χ2n) is 7.28. The average molecular weight is 551 g/mol. The van der Waals surface area contributed by atoms with E-state index in [-0.39, 0.29) is 18.3 Å². The summed E-state index contributed by atoms with van der Waals surface area (Å²) in [7, 11) is 1.36. The fraction of sp³-hybridized carbons (Fsp3) is 0.364. The summed E-state index contributed by atoms with van der Waals surface area (Å²) in [6.45, 7) is 2.92. The molecular weight excluding hydrogens is 528 g/mol. The van der Waals surface area contributed by atoms with Crippen LogP contribution in [0, 0.1) is 0 Å². The minimum Gasteiger partial charge on any atom is -0.486 e. The molecule has 0 radical (unpaired) electrons. The lowest BCUT2D eigenvalue weighted by Gasteiger charge is -2.09. The summed E-state index contributed by atoms with van der Waals surface area (Å²) >= 11 is 6.17. The van der Waals surface area contributed by atoms with Crippen molar-refractivity contribution in [2.24, 2.45) is 0 Å². The lowest BCUT2D eigenvalue weighted by molar-refractivity contribution is -0.113. The topological polar surface area (TPSA) is 95.3 Å². The number of methoxy groups -OCH3 is 1. The standard InChI is InChI=1S/C22H23BrN4O4S2/c1-3-27-17(11-31-14-9-7-13(23)8-10-14)25-26-22(27)32-12-18(28)24-20-19(21(29)30-2)15-5-4-6-16(15)33-20/h7-10H,3-6,11-12H2,1-2H3,(H,24,28). The van der Waals surface area contributed by atoms with Crippen LogP contribution in [0.5, 0.6) is 5.75 Å². The van der Waals surface area contributed by atoms with Gasteiger partial charge >= 0.3 is 5.97 Å². The van der Waals surface area contributed by atoms with Crippen LogP contribution in [0.25, 0.3) is 0 Å². The zero-order valence-electron chi connectivity index (χ0n) is 18.2. The number of rotatable bonds is 9. The number of hydrogen-bond donors (Lipinski definition) is 1. The molecule has 0 spiro atoms. The van der Waals surface area contributed by atoms with Gasteiger partial charge in [0.1, 0.15) is 17.4 Å². The predicted molar refractivity (Wildman–Crippen MR) is 131 cm³/mol. The van der Waals surface area contributed by atoms with E-state index in [0.717, 1.165) is 39.9 Å². The first-order valence-electron chi connectivity index (χ1n) is 10.5. The summed E-state index contributed by atoms with van der Waals surface area (Å²) < 4.78 is 13.7. The smallest absolute Gasteiger partial charge is 0.341 e. The van der Waals surface area contributed by atoms with Crippen molar-refractivity contribution >= 4 is 55.9 Å². The van der Waals surface area contributed by atoms with E-state index >= 15 is 0 Å². The van der Waals surface area contributed by atoms with Crippen LogP contribution in [0.3, 0.4) is 0 Å². The van der Waals surface area contributed by atoms with Crippen molar-refractivity contribution in [2.75, 3.05) is 18.2 Å². The van der Waals surface area contributed by atoms with E-state index < -0.39 is 5.97 Å². The number of hydrogen-bond acceptors (Lipinski definition) is 8. The van der Waals surface area contributed by atoms with Gasteiger partial charge < -0.3 is 19.4 Å². The second-order valence-corrected chi connectivity index (χ2v) is 10.2. The number of fused-ring (bicyclic) bond motifs is 1. The Bertz CT molecular complexity index is 1160. The second kappa shape index (κ2) is 10.7. The van der Waals surface area contributed by atoms with Crippen molar-refractivity contribution in [2.45, 2.75) is 44.5 Å². The molecule has 174 valence electrons. The maximum atomic E-state index is 12.7. The highest BCUT2D eigenvalue weighted by Crippen LogP contribution is 2.39. The highest BCUT2D eigenvalue weighted by atomic mass is 79.9. The first-order valence-corrected chi connectivity index (χ1v) is 13.1. The molecule has 0 aliphatic heterocycles. The number of esters is 1. The summed E-state index contributed by atoms with van der Waals surface area (Å²) in [6.07, 6.45) is 2.79. The number of anilines is 1. The minimum absolute atomic E-state index is 0.148. The Kier molecular flexibility index (Phi) is 7.71. The average Bonchev–Trinajstić information content (AvgIpc) is 3.51. The van der Waals surface area contributed by atoms with Crippen molar-refractivity contribution < 1.29 is 19.1 Å². The molecule has 3 aromatic rings. The molecule has 33 heavy (non-hydrogen) atoms. The Hall–Kier alpha value is -2.37. The van der Waals surface area contributed by atoms with Crippen LogP contribution in [0.15, 0.2) is 33.9 Å². The first kappa shape index (κ1) is 23.8. The van der Waals surface area contributed by atoms with E-state index in [1.54, 1.807) is 0 Å². The third-order valence-electron chi connectivity index (χ3n) is 5.19. The number of nitrogens with zero attached hydrogens (tertiary/aromatic N) is 3. The molecule has 2 aromatic heterocycles. The molecule has 1 aliphatic carbocycles. The molecule has 8 nitrogen and oxygen atoms in total. The van der Waals surface area contributed by atoms with Gasteiger partial charge in [-0.1, -0.05) is 27.7 Å². The molecule has 0 saturated heterocycles. The molecule has 0 saturated carbocycles. The summed E-state index contributed by atoms with van der Waals surface area (Å²) in [5.74, 6) is 0.962. The molecule has 2 heterocycles. The van der Waals surface area contributed by atoms with E-state index in [9.17, 15) is 9.59 Å². The largest absolute Gasteiger partial charge is 0.486 e. The zero-order chi connectivity index (χ0) is 23.4. The molecule has 0 atom stereocenters. The van der Waals surface area contributed by atoms with Crippen molar-refractivity contribution in [3.63, 3.8) is 0 Å². The number of carbonyl (C=O) groups is 2. The van der Waals surface area contributed by atoms with Crippen LogP contribution >= 0.6 is 39.0 Å². The maximum absolute atomic E-state index is 12.7. The van der Waals surface area contributed by atoms with Crippen LogP contribution in [0.2, 0.25) is 0 Å². The number of thioether (sulfide) groups is 1. The Morgan fingerprint density at radius 3 is 2.76 bits per heavy atom. The summed E-state index contributed by atoms with van der Waals surface area (Å²) in [5.41, 5.74) is 1.51. The van der Waals surface area contributed by atoms with E-state index in [1.165, 1.54) is 30.2 Å². The quantitative estimate of drug-likeness (QED) is 0.304. The third kappa shape index (κ3) is 5.42. The van der Waals surface area contributed by atoms with Crippen LogP contribution in [0.4, 0.5) is 5.00 Å². The van der Waals surface area contributed by atoms with Gasteiger partial charge in [0.2, 0.25) is 5.91 Å². The SMILES string of the molecule is CCn1c(COc2ccc(Br)cc2)nnc1SCC(=O)Nc1sc2c(c1C(=O)OC)CCC2. The molecule has 4 rings (SSSR count). The van der Waals surface area contributed by atoms with Crippen LogP contribution in [-0.4, -0.2) is 39.5 Å². The van der Waals surface area contributed by atoms with Crippen LogP contribution in [-0.2, 0) is 35.5 Å². The summed E-state index contributed by atoms with van der Waals surface area (Å²) in [5, 5.41) is 12.6. The molecule has 1 N–H and O–H groups in total. The molecule has 0 bridgehead atoms. The number of aryl methyl sites for hydroxylation is 1. The molecular formula is C22H23BrN4O4S2. The van der Waals surface area contributed by atoms with Gasteiger partial charge in [0.05, 0.1) is 18.4 Å². The monoisotopic (exact) mass is 550 g/mol. The number of nitrogens with one attached hydrogen (secondary N) is 1. The molecule has 1 amide bonds. The predicted octanol–water partition coefficient (Wildman–Crippen LogP) is 4.71. The van der Waals surface area contributed by atoms with Gasteiger partial charge in [-0.05, 0) is 56.0 Å². The van der Waals surface area contributed by atoms with Crippen LogP contribution < -0.4 is 10.1 Å². The van der Waals surface area contributed by atoms with E-state index in [4.69, 9.17) is 9.47 Å². The Morgan fingerprint density at radius 1 is 1.24 bits per heavy atom. The summed E-state index contributed by atoms with van der Waals surface area (Å²) in [6, 6.07) is 7.57. The Labute approximate surface area is 208 Å². The maximum Gasteiger partial charge on any atom is 0.341 e. The van der Waals surface area contributed by atoms with Gasteiger partial charge in [0, 0.05) is 15.9 Å². The number of halogens is 1. The van der Waals surface area contributed by atoms with Gasteiger partial charge in [-0.15, -0.1) is 21.5 Å². The van der Waals surface area contributed by atoms with Gasteiger partial charge in [-0.2, -0.15) is 0 Å². The normalized spacial score (nSPS) is 12.5. The molecule has 0 fully saturated rings. The Morgan fingerprint density at radius 2 is 2.03 bits per heavy atom. The number of carbonyl (C=O) groups excluding carboxylic acids is 2. The van der Waals surface area contributed by atoms with E-state index in [1.807, 2.05) is 35.8 Å². The number of ether oxygens (including phenoxy) is 2. The number of thiophene rings is 1. The van der Waals surface area contributed by atoms with E-state index in [2.05, 4.69) is 31.4 Å². The van der Waals surface area contributed by atoms with Crippen molar-refractivity contribution in [3.05, 3.63) is 50.6 Å². The highest BCUT2D eigenvalue weighted by molar-refractivity contribution is 9.10. The fourth-order valence-corrected chi connectivity index (χ4v) is 6.01. The highest BCUT2D eigenvalue weighted by Gasteiger charge is 2.28.